The van der Waals surface area contributed by atoms with Gasteiger partial charge >= 0.3 is 0 Å². The third kappa shape index (κ3) is 1.35. The average molecular weight is 218 g/mol. The Kier molecular flexibility index (Phi) is 2.40. The predicted molar refractivity (Wildman–Crippen MR) is 58.7 cm³/mol. The third-order valence-corrected chi connectivity index (χ3v) is 2.53. The van der Waals surface area contributed by atoms with Crippen molar-refractivity contribution in [2.75, 3.05) is 0 Å². The molecule has 0 aliphatic carbocycles. The van der Waals surface area contributed by atoms with Gasteiger partial charge in [-0.05, 0) is 5.39 Å². The molecule has 0 bridgehead atoms. The second-order valence-electron chi connectivity index (χ2n) is 3.44. The quantitative estimate of drug-likeness (QED) is 0.529. The maximum absolute atomic E-state index is 10.5. The second-order valence-corrected chi connectivity index (χ2v) is 3.44. The van der Waals surface area contributed by atoms with E-state index >= 15 is 0 Å². The molecule has 0 radical (unpaired) electrons. The van der Waals surface area contributed by atoms with Gasteiger partial charge in [-0.2, -0.15) is 0 Å². The van der Waals surface area contributed by atoms with Gasteiger partial charge in [0.25, 0.3) is 0 Å². The van der Waals surface area contributed by atoms with Crippen LogP contribution in [-0.4, -0.2) is 21.6 Å². The lowest BCUT2D eigenvalue weighted by Gasteiger charge is -2.10. The van der Waals surface area contributed by atoms with E-state index < -0.39 is 11.5 Å². The molecule has 0 unspecified atom stereocenters. The SMILES string of the molecule is O=CCc1c(O)c(O)c(O)c2ccccc12. The molecule has 0 heterocycles. The highest BCUT2D eigenvalue weighted by Gasteiger charge is 2.17. The average Bonchev–Trinajstić information content (AvgIpc) is 2.32. The molecule has 16 heavy (non-hydrogen) atoms. The minimum absolute atomic E-state index is 0.0137. The Morgan fingerprint density at radius 3 is 2.19 bits per heavy atom. The summed E-state index contributed by atoms with van der Waals surface area (Å²) in [7, 11) is 0. The van der Waals surface area contributed by atoms with Gasteiger partial charge < -0.3 is 20.1 Å². The van der Waals surface area contributed by atoms with Crippen LogP contribution in [0.5, 0.6) is 17.2 Å². The van der Waals surface area contributed by atoms with Crippen molar-refractivity contribution in [3.05, 3.63) is 29.8 Å². The second kappa shape index (κ2) is 3.73. The molecule has 4 nitrogen and oxygen atoms in total. The molecule has 0 aromatic heterocycles. The number of aldehydes is 1. The summed E-state index contributed by atoms with van der Waals surface area (Å²) in [5, 5.41) is 29.7. The topological polar surface area (TPSA) is 77.8 Å². The van der Waals surface area contributed by atoms with Crippen molar-refractivity contribution in [1.29, 1.82) is 0 Å². The van der Waals surface area contributed by atoms with E-state index in [0.29, 0.717) is 22.6 Å². The highest BCUT2D eigenvalue weighted by atomic mass is 16.3. The Labute approximate surface area is 91.4 Å². The standard InChI is InChI=1S/C12H10O4/c13-6-5-9-7-3-1-2-4-8(7)10(14)12(16)11(9)15/h1-4,6,14-16H,5H2. The van der Waals surface area contributed by atoms with Crippen LogP contribution >= 0.6 is 0 Å². The fraction of sp³-hybridized carbons (Fsp3) is 0.0833. The first-order valence-corrected chi connectivity index (χ1v) is 4.75. The minimum Gasteiger partial charge on any atom is -0.504 e. The van der Waals surface area contributed by atoms with Crippen LogP contribution in [0.15, 0.2) is 24.3 Å². The normalized spacial score (nSPS) is 10.5. The number of rotatable bonds is 2. The van der Waals surface area contributed by atoms with Crippen LogP contribution in [0.4, 0.5) is 0 Å². The zero-order chi connectivity index (χ0) is 11.7. The van der Waals surface area contributed by atoms with Crippen molar-refractivity contribution in [2.24, 2.45) is 0 Å². The van der Waals surface area contributed by atoms with Gasteiger partial charge in [0, 0.05) is 17.4 Å². The molecule has 0 spiro atoms. The molecule has 0 saturated heterocycles. The van der Waals surface area contributed by atoms with E-state index in [1.165, 1.54) is 0 Å². The summed E-state index contributed by atoms with van der Waals surface area (Å²) in [6.07, 6.45) is 0.623. The van der Waals surface area contributed by atoms with Gasteiger partial charge in [-0.1, -0.05) is 24.3 Å². The van der Waals surface area contributed by atoms with Gasteiger partial charge in [-0.15, -0.1) is 0 Å². The summed E-state index contributed by atoms with van der Waals surface area (Å²) >= 11 is 0. The number of fused-ring (bicyclic) bond motifs is 1. The third-order valence-electron chi connectivity index (χ3n) is 2.53. The Bertz CT molecular complexity index is 560. The van der Waals surface area contributed by atoms with Gasteiger partial charge in [-0.25, -0.2) is 0 Å². The number of hydrogen-bond donors (Lipinski definition) is 3. The van der Waals surface area contributed by atoms with Gasteiger partial charge in [0.15, 0.2) is 11.5 Å². The highest BCUT2D eigenvalue weighted by Crippen LogP contribution is 2.44. The summed E-state index contributed by atoms with van der Waals surface area (Å²) in [5.41, 5.74) is 0.320. The summed E-state index contributed by atoms with van der Waals surface area (Å²) in [6.45, 7) is 0. The molecule has 0 aliphatic heterocycles. The van der Waals surface area contributed by atoms with Gasteiger partial charge in [0.1, 0.15) is 6.29 Å². The number of phenols is 3. The van der Waals surface area contributed by atoms with Gasteiger partial charge in [-0.3, -0.25) is 0 Å². The van der Waals surface area contributed by atoms with E-state index in [0.717, 1.165) is 0 Å². The first kappa shape index (κ1) is 10.3. The van der Waals surface area contributed by atoms with Crippen molar-refractivity contribution < 1.29 is 20.1 Å². The van der Waals surface area contributed by atoms with E-state index in [2.05, 4.69) is 0 Å². The maximum atomic E-state index is 10.5. The summed E-state index contributed by atoms with van der Waals surface area (Å²) in [6, 6.07) is 6.71. The molecule has 0 saturated carbocycles. The number of phenolic OH excluding ortho intramolecular Hbond substituents is 3. The van der Waals surface area contributed by atoms with E-state index in [1.807, 2.05) is 0 Å². The lowest BCUT2D eigenvalue weighted by Crippen LogP contribution is -1.90. The van der Waals surface area contributed by atoms with Gasteiger partial charge in [0.05, 0.1) is 0 Å². The lowest BCUT2D eigenvalue weighted by molar-refractivity contribution is -0.107. The molecule has 0 amide bonds. The van der Waals surface area contributed by atoms with Crippen molar-refractivity contribution >= 4 is 17.1 Å². The van der Waals surface area contributed by atoms with E-state index in [-0.39, 0.29) is 12.2 Å². The van der Waals surface area contributed by atoms with Gasteiger partial charge in [0.2, 0.25) is 5.75 Å². The number of carbonyl (C=O) groups excluding carboxylic acids is 1. The Balaban J connectivity index is 2.91. The molecule has 0 aliphatic rings. The monoisotopic (exact) mass is 218 g/mol. The van der Waals surface area contributed by atoms with Crippen LogP contribution in [-0.2, 0) is 11.2 Å². The number of hydrogen-bond acceptors (Lipinski definition) is 4. The number of aromatic hydroxyl groups is 3. The van der Waals surface area contributed by atoms with E-state index in [4.69, 9.17) is 0 Å². The zero-order valence-electron chi connectivity index (χ0n) is 8.34. The van der Waals surface area contributed by atoms with E-state index in [1.54, 1.807) is 24.3 Å². The first-order valence-electron chi connectivity index (χ1n) is 4.75. The molecule has 0 atom stereocenters. The fourth-order valence-electron chi connectivity index (χ4n) is 1.75. The molecule has 2 aromatic rings. The summed E-state index contributed by atoms with van der Waals surface area (Å²) in [5.74, 6) is -1.40. The Morgan fingerprint density at radius 2 is 1.56 bits per heavy atom. The molecule has 2 rings (SSSR count). The van der Waals surface area contributed by atoms with Crippen LogP contribution in [0.3, 0.4) is 0 Å². The largest absolute Gasteiger partial charge is 0.504 e. The highest BCUT2D eigenvalue weighted by molar-refractivity contribution is 5.96. The van der Waals surface area contributed by atoms with Crippen LogP contribution < -0.4 is 0 Å². The van der Waals surface area contributed by atoms with Crippen LogP contribution in [0, 0.1) is 0 Å². The first-order chi connectivity index (χ1) is 7.66. The molecular formula is C12H10O4. The lowest BCUT2D eigenvalue weighted by atomic mass is 10.00. The predicted octanol–water partition coefficient (Wildman–Crippen LogP) is 1.70. The molecule has 4 heteroatoms. The zero-order valence-corrected chi connectivity index (χ0v) is 8.34. The molecule has 2 aromatic carbocycles. The molecule has 0 fully saturated rings. The fourth-order valence-corrected chi connectivity index (χ4v) is 1.75. The minimum atomic E-state index is -0.587. The molecular weight excluding hydrogens is 208 g/mol. The van der Waals surface area contributed by atoms with Crippen molar-refractivity contribution in [3.8, 4) is 17.2 Å². The summed E-state index contributed by atoms with van der Waals surface area (Å²) in [4.78, 5) is 10.5. The van der Waals surface area contributed by atoms with Crippen molar-refractivity contribution in [3.63, 3.8) is 0 Å². The van der Waals surface area contributed by atoms with Crippen molar-refractivity contribution in [1.82, 2.24) is 0 Å². The number of carbonyl (C=O) groups is 1. The van der Waals surface area contributed by atoms with Crippen LogP contribution in [0.1, 0.15) is 5.56 Å². The van der Waals surface area contributed by atoms with Crippen molar-refractivity contribution in [2.45, 2.75) is 6.42 Å². The van der Waals surface area contributed by atoms with Crippen LogP contribution in [0.25, 0.3) is 10.8 Å². The van der Waals surface area contributed by atoms with Crippen LogP contribution in [0.2, 0.25) is 0 Å². The Morgan fingerprint density at radius 1 is 0.938 bits per heavy atom. The smallest absolute Gasteiger partial charge is 0.201 e. The molecule has 3 N–H and O–H groups in total. The summed E-state index contributed by atoms with van der Waals surface area (Å²) < 4.78 is 0. The Hall–Kier alpha value is -2.23. The number of benzene rings is 2. The molecule has 82 valence electrons. The van der Waals surface area contributed by atoms with E-state index in [9.17, 15) is 20.1 Å². The maximum Gasteiger partial charge on any atom is 0.201 e.